The van der Waals surface area contributed by atoms with Crippen molar-refractivity contribution in [2.75, 3.05) is 13.2 Å². The van der Waals surface area contributed by atoms with E-state index in [1.165, 1.54) is 0 Å². The molecule has 1 aromatic carbocycles. The number of oxime groups is 1. The lowest BCUT2D eigenvalue weighted by Gasteiger charge is -2.14. The van der Waals surface area contributed by atoms with Gasteiger partial charge in [0.15, 0.2) is 6.10 Å². The quantitative estimate of drug-likeness (QED) is 0.913. The zero-order valence-electron chi connectivity index (χ0n) is 12.9. The Balaban J connectivity index is 0.00000192. The fourth-order valence-electron chi connectivity index (χ4n) is 2.34. The highest BCUT2D eigenvalue weighted by Crippen LogP contribution is 2.29. The number of para-hydroxylation sites is 1. The van der Waals surface area contributed by atoms with E-state index in [0.717, 1.165) is 34.7 Å². The van der Waals surface area contributed by atoms with Crippen LogP contribution >= 0.6 is 12.4 Å². The van der Waals surface area contributed by atoms with Gasteiger partial charge in [0.2, 0.25) is 0 Å². The first kappa shape index (κ1) is 17.2. The number of benzene rings is 1. The van der Waals surface area contributed by atoms with Crippen LogP contribution in [-0.4, -0.2) is 30.0 Å². The Morgan fingerprint density at radius 1 is 1.26 bits per heavy atom. The molecule has 0 aliphatic carbocycles. The summed E-state index contributed by atoms with van der Waals surface area (Å²) in [6.07, 6.45) is 2.52. The standard InChI is InChI=1S/C17H19N3O2.ClH/c1-12-6-7-13(10-19-12)16-4-2-3-5-17(16)21-11-15-8-14(9-18)20-22-15;/h2-7,10,15H,8-9,11,18H2,1H3;1H. The smallest absolute Gasteiger partial charge is 0.166 e. The number of halogens is 1. The van der Waals surface area contributed by atoms with Crippen LogP contribution in [0.15, 0.2) is 47.8 Å². The molecule has 2 heterocycles. The topological polar surface area (TPSA) is 69.7 Å². The molecule has 0 amide bonds. The molecule has 0 saturated carbocycles. The number of hydrogen-bond acceptors (Lipinski definition) is 5. The largest absolute Gasteiger partial charge is 0.489 e. The van der Waals surface area contributed by atoms with E-state index < -0.39 is 0 Å². The van der Waals surface area contributed by atoms with Gasteiger partial charge in [0.1, 0.15) is 12.4 Å². The van der Waals surface area contributed by atoms with E-state index in [4.69, 9.17) is 15.3 Å². The minimum Gasteiger partial charge on any atom is -0.489 e. The van der Waals surface area contributed by atoms with Gasteiger partial charge in [-0.1, -0.05) is 29.4 Å². The Labute approximate surface area is 141 Å². The summed E-state index contributed by atoms with van der Waals surface area (Å²) in [6.45, 7) is 2.85. The van der Waals surface area contributed by atoms with Gasteiger partial charge < -0.3 is 15.3 Å². The molecule has 1 atom stereocenters. The minimum absolute atomic E-state index is 0. The predicted octanol–water partition coefficient (Wildman–Crippen LogP) is 2.96. The number of hydrogen-bond donors (Lipinski definition) is 1. The molecule has 1 aromatic heterocycles. The van der Waals surface area contributed by atoms with Crippen molar-refractivity contribution >= 4 is 18.1 Å². The molecule has 0 spiro atoms. The molecule has 0 fully saturated rings. The van der Waals surface area contributed by atoms with E-state index in [-0.39, 0.29) is 18.5 Å². The fraction of sp³-hybridized carbons (Fsp3) is 0.294. The van der Waals surface area contributed by atoms with Crippen molar-refractivity contribution in [1.29, 1.82) is 0 Å². The zero-order valence-corrected chi connectivity index (χ0v) is 13.8. The van der Waals surface area contributed by atoms with E-state index in [0.29, 0.717) is 13.2 Å². The number of aromatic nitrogens is 1. The van der Waals surface area contributed by atoms with Gasteiger partial charge in [-0.05, 0) is 19.1 Å². The van der Waals surface area contributed by atoms with E-state index >= 15 is 0 Å². The van der Waals surface area contributed by atoms with Crippen LogP contribution < -0.4 is 10.5 Å². The molecule has 1 aliphatic rings. The van der Waals surface area contributed by atoms with Crippen LogP contribution in [0, 0.1) is 6.92 Å². The van der Waals surface area contributed by atoms with Crippen molar-refractivity contribution < 1.29 is 9.57 Å². The summed E-state index contributed by atoms with van der Waals surface area (Å²) >= 11 is 0. The molecule has 6 heteroatoms. The van der Waals surface area contributed by atoms with Crippen LogP contribution in [0.5, 0.6) is 5.75 Å². The van der Waals surface area contributed by atoms with Gasteiger partial charge in [0.05, 0.1) is 5.71 Å². The Morgan fingerprint density at radius 3 is 2.78 bits per heavy atom. The van der Waals surface area contributed by atoms with Crippen LogP contribution in [0.25, 0.3) is 11.1 Å². The first-order valence-corrected chi connectivity index (χ1v) is 7.33. The lowest BCUT2D eigenvalue weighted by atomic mass is 10.1. The maximum Gasteiger partial charge on any atom is 0.166 e. The third kappa shape index (κ3) is 4.21. The number of ether oxygens (including phenoxy) is 1. The number of aryl methyl sites for hydroxylation is 1. The lowest BCUT2D eigenvalue weighted by molar-refractivity contribution is 0.0472. The van der Waals surface area contributed by atoms with Crippen LogP contribution in [0.3, 0.4) is 0 Å². The first-order chi connectivity index (χ1) is 10.8. The Bertz CT molecular complexity index is 674. The molecule has 0 radical (unpaired) electrons. The molecule has 3 rings (SSSR count). The average molecular weight is 334 g/mol. The molecule has 23 heavy (non-hydrogen) atoms. The normalized spacial score (nSPS) is 16.3. The molecule has 0 bridgehead atoms. The van der Waals surface area contributed by atoms with Crippen molar-refractivity contribution in [2.45, 2.75) is 19.4 Å². The van der Waals surface area contributed by atoms with Crippen molar-refractivity contribution in [2.24, 2.45) is 10.9 Å². The molecule has 122 valence electrons. The second-order valence-corrected chi connectivity index (χ2v) is 5.29. The number of pyridine rings is 1. The van der Waals surface area contributed by atoms with E-state index in [1.807, 2.05) is 49.5 Å². The summed E-state index contributed by atoms with van der Waals surface area (Å²) in [6, 6.07) is 12.0. The summed E-state index contributed by atoms with van der Waals surface area (Å²) in [5, 5.41) is 3.94. The van der Waals surface area contributed by atoms with Gasteiger partial charge in [-0.2, -0.15) is 0 Å². The second-order valence-electron chi connectivity index (χ2n) is 5.29. The highest BCUT2D eigenvalue weighted by Gasteiger charge is 2.21. The van der Waals surface area contributed by atoms with E-state index in [1.54, 1.807) is 0 Å². The average Bonchev–Trinajstić information content (AvgIpc) is 3.02. The molecular formula is C17H20ClN3O2. The number of nitrogens with two attached hydrogens (primary N) is 1. The molecule has 2 aromatic rings. The van der Waals surface area contributed by atoms with Gasteiger partial charge in [0.25, 0.3) is 0 Å². The molecule has 1 unspecified atom stereocenters. The highest BCUT2D eigenvalue weighted by atomic mass is 35.5. The van der Waals surface area contributed by atoms with Crippen molar-refractivity contribution in [3.8, 4) is 16.9 Å². The number of rotatable bonds is 5. The highest BCUT2D eigenvalue weighted by molar-refractivity contribution is 5.87. The minimum atomic E-state index is -0.0669. The van der Waals surface area contributed by atoms with Crippen LogP contribution in [0.2, 0.25) is 0 Å². The van der Waals surface area contributed by atoms with Crippen molar-refractivity contribution in [1.82, 2.24) is 4.98 Å². The SMILES string of the molecule is Cc1ccc(-c2ccccc2OCC2CC(CN)=NO2)cn1.Cl. The Morgan fingerprint density at radius 2 is 2.09 bits per heavy atom. The van der Waals surface area contributed by atoms with Gasteiger partial charge in [0, 0.05) is 36.0 Å². The summed E-state index contributed by atoms with van der Waals surface area (Å²) in [5.74, 6) is 0.818. The van der Waals surface area contributed by atoms with E-state index in [9.17, 15) is 0 Å². The third-order valence-corrected chi connectivity index (χ3v) is 3.56. The Kier molecular flexibility index (Phi) is 5.96. The number of nitrogens with zero attached hydrogens (tertiary/aromatic N) is 2. The van der Waals surface area contributed by atoms with E-state index in [2.05, 4.69) is 10.1 Å². The molecule has 2 N–H and O–H groups in total. The molecule has 1 aliphatic heterocycles. The summed E-state index contributed by atoms with van der Waals surface area (Å²) in [7, 11) is 0. The first-order valence-electron chi connectivity index (χ1n) is 7.33. The summed E-state index contributed by atoms with van der Waals surface area (Å²) < 4.78 is 5.93. The van der Waals surface area contributed by atoms with Crippen LogP contribution in [0.4, 0.5) is 0 Å². The monoisotopic (exact) mass is 333 g/mol. The summed E-state index contributed by atoms with van der Waals surface area (Å²) in [5.41, 5.74) is 9.49. The molecule has 0 saturated heterocycles. The lowest BCUT2D eigenvalue weighted by Crippen LogP contribution is -2.20. The fourth-order valence-corrected chi connectivity index (χ4v) is 2.34. The summed E-state index contributed by atoms with van der Waals surface area (Å²) in [4.78, 5) is 9.65. The Hall–Kier alpha value is -2.11. The van der Waals surface area contributed by atoms with Gasteiger partial charge in [-0.3, -0.25) is 4.98 Å². The van der Waals surface area contributed by atoms with Gasteiger partial charge >= 0.3 is 0 Å². The second kappa shape index (κ2) is 7.94. The van der Waals surface area contributed by atoms with Gasteiger partial charge in [-0.15, -0.1) is 12.4 Å². The molecular weight excluding hydrogens is 314 g/mol. The predicted molar refractivity (Wildman–Crippen MR) is 93.1 cm³/mol. The van der Waals surface area contributed by atoms with Gasteiger partial charge in [-0.25, -0.2) is 0 Å². The van der Waals surface area contributed by atoms with Crippen molar-refractivity contribution in [3.63, 3.8) is 0 Å². The molecule has 5 nitrogen and oxygen atoms in total. The van der Waals surface area contributed by atoms with Crippen LogP contribution in [0.1, 0.15) is 12.1 Å². The maximum atomic E-state index is 5.93. The maximum absolute atomic E-state index is 5.93. The van der Waals surface area contributed by atoms with Crippen molar-refractivity contribution in [3.05, 3.63) is 48.3 Å². The van der Waals surface area contributed by atoms with Crippen LogP contribution in [-0.2, 0) is 4.84 Å². The third-order valence-electron chi connectivity index (χ3n) is 3.56. The zero-order chi connectivity index (χ0) is 15.4.